The maximum atomic E-state index is 11.6. The SMILES string of the molecule is Nc1nnc(SCCC(=O)NC(=O)NCc2ccccc2)s1. The van der Waals surface area contributed by atoms with Crippen molar-refractivity contribution >= 4 is 40.2 Å². The third kappa shape index (κ3) is 5.70. The van der Waals surface area contributed by atoms with Crippen molar-refractivity contribution in [3.05, 3.63) is 35.9 Å². The van der Waals surface area contributed by atoms with Crippen LogP contribution < -0.4 is 16.4 Å². The number of anilines is 1. The smallest absolute Gasteiger partial charge is 0.321 e. The summed E-state index contributed by atoms with van der Waals surface area (Å²) in [6.07, 6.45) is 0.211. The summed E-state index contributed by atoms with van der Waals surface area (Å²) in [5.41, 5.74) is 6.42. The highest BCUT2D eigenvalue weighted by Crippen LogP contribution is 2.23. The first kappa shape index (κ1) is 16.2. The molecule has 0 bridgehead atoms. The Morgan fingerprint density at radius 3 is 2.68 bits per heavy atom. The third-order valence-corrected chi connectivity index (χ3v) is 4.41. The first-order valence-electron chi connectivity index (χ1n) is 6.47. The van der Waals surface area contributed by atoms with Crippen molar-refractivity contribution in [2.45, 2.75) is 17.3 Å². The summed E-state index contributed by atoms with van der Waals surface area (Å²) in [7, 11) is 0. The van der Waals surface area contributed by atoms with Crippen molar-refractivity contribution in [2.24, 2.45) is 0 Å². The van der Waals surface area contributed by atoms with Crippen molar-refractivity contribution in [2.75, 3.05) is 11.5 Å². The standard InChI is InChI=1S/C13H15N5O2S2/c14-11-17-18-13(22-11)21-7-6-10(19)16-12(20)15-8-9-4-2-1-3-5-9/h1-5H,6-8H2,(H2,14,17)(H2,15,16,19,20). The average Bonchev–Trinajstić information content (AvgIpc) is 2.92. The molecule has 0 aliphatic heterocycles. The second-order valence-corrected chi connectivity index (χ2v) is 6.57. The van der Waals surface area contributed by atoms with Gasteiger partial charge in [0, 0.05) is 18.7 Å². The monoisotopic (exact) mass is 337 g/mol. The lowest BCUT2D eigenvalue weighted by molar-refractivity contribution is -0.119. The van der Waals surface area contributed by atoms with Crippen LogP contribution in [0.4, 0.5) is 9.93 Å². The number of nitrogens with one attached hydrogen (secondary N) is 2. The Morgan fingerprint density at radius 2 is 2.00 bits per heavy atom. The largest absolute Gasteiger partial charge is 0.374 e. The van der Waals surface area contributed by atoms with E-state index in [1.165, 1.54) is 23.1 Å². The number of nitrogen functional groups attached to an aromatic ring is 1. The first-order chi connectivity index (χ1) is 10.6. The number of nitrogens with zero attached hydrogens (tertiary/aromatic N) is 2. The fourth-order valence-electron chi connectivity index (χ4n) is 1.52. The Kier molecular flexibility index (Phi) is 6.16. The van der Waals surface area contributed by atoms with E-state index in [1.807, 2.05) is 30.3 Å². The van der Waals surface area contributed by atoms with Gasteiger partial charge in [-0.25, -0.2) is 4.79 Å². The van der Waals surface area contributed by atoms with Crippen LogP contribution in [0.2, 0.25) is 0 Å². The number of nitrogens with two attached hydrogens (primary N) is 1. The molecule has 0 aliphatic rings. The Bertz CT molecular complexity index is 632. The Hall–Kier alpha value is -2.13. The molecule has 116 valence electrons. The molecule has 3 amide bonds. The lowest BCUT2D eigenvalue weighted by Gasteiger charge is -2.06. The van der Waals surface area contributed by atoms with Gasteiger partial charge in [0.15, 0.2) is 4.34 Å². The molecule has 0 radical (unpaired) electrons. The molecule has 0 unspecified atom stereocenters. The van der Waals surface area contributed by atoms with Crippen LogP contribution in [-0.2, 0) is 11.3 Å². The van der Waals surface area contributed by atoms with E-state index in [4.69, 9.17) is 5.73 Å². The van der Waals surface area contributed by atoms with Crippen LogP contribution >= 0.6 is 23.1 Å². The number of carbonyl (C=O) groups excluding carboxylic acids is 2. The van der Waals surface area contributed by atoms with Crippen LogP contribution in [0, 0.1) is 0 Å². The first-order valence-corrected chi connectivity index (χ1v) is 8.27. The zero-order valence-corrected chi connectivity index (χ0v) is 13.2. The van der Waals surface area contributed by atoms with E-state index in [0.29, 0.717) is 21.8 Å². The number of hydrogen-bond acceptors (Lipinski definition) is 7. The fraction of sp³-hybridized carbons (Fsp3) is 0.231. The van der Waals surface area contributed by atoms with Crippen LogP contribution in [0.25, 0.3) is 0 Å². The van der Waals surface area contributed by atoms with Gasteiger partial charge in [0.25, 0.3) is 0 Å². The number of urea groups is 1. The lowest BCUT2D eigenvalue weighted by Crippen LogP contribution is -2.39. The predicted octanol–water partition coefficient (Wildman–Crippen LogP) is 1.63. The van der Waals surface area contributed by atoms with Gasteiger partial charge >= 0.3 is 6.03 Å². The van der Waals surface area contributed by atoms with Crippen LogP contribution in [-0.4, -0.2) is 27.9 Å². The van der Waals surface area contributed by atoms with Gasteiger partial charge in [-0.3, -0.25) is 10.1 Å². The molecule has 0 fully saturated rings. The third-order valence-electron chi connectivity index (χ3n) is 2.53. The number of hydrogen-bond donors (Lipinski definition) is 3. The number of imide groups is 1. The molecule has 9 heteroatoms. The summed E-state index contributed by atoms with van der Waals surface area (Å²) < 4.78 is 0.707. The molecule has 1 aromatic carbocycles. The number of amides is 3. The second-order valence-electron chi connectivity index (χ2n) is 4.22. The molecule has 2 aromatic rings. The highest BCUT2D eigenvalue weighted by atomic mass is 32.2. The fourth-order valence-corrected chi connectivity index (χ4v) is 3.17. The van der Waals surface area contributed by atoms with Crippen molar-refractivity contribution in [1.29, 1.82) is 0 Å². The summed E-state index contributed by atoms with van der Waals surface area (Å²) in [6, 6.07) is 8.96. The number of aromatic nitrogens is 2. The maximum Gasteiger partial charge on any atom is 0.321 e. The minimum atomic E-state index is -0.501. The maximum absolute atomic E-state index is 11.6. The lowest BCUT2D eigenvalue weighted by atomic mass is 10.2. The highest BCUT2D eigenvalue weighted by molar-refractivity contribution is 8.01. The molecule has 22 heavy (non-hydrogen) atoms. The molecular weight excluding hydrogens is 322 g/mol. The Labute approximate surface area is 135 Å². The van der Waals surface area contributed by atoms with Crippen molar-refractivity contribution < 1.29 is 9.59 Å². The molecule has 0 atom stereocenters. The van der Waals surface area contributed by atoms with Crippen molar-refractivity contribution in [3.63, 3.8) is 0 Å². The van der Waals surface area contributed by atoms with Gasteiger partial charge in [-0.05, 0) is 5.56 Å². The Morgan fingerprint density at radius 1 is 1.23 bits per heavy atom. The van der Waals surface area contributed by atoms with Gasteiger partial charge in [0.2, 0.25) is 11.0 Å². The van der Waals surface area contributed by atoms with Gasteiger partial charge in [-0.1, -0.05) is 53.4 Å². The summed E-state index contributed by atoms with van der Waals surface area (Å²) in [4.78, 5) is 23.2. The minimum absolute atomic E-state index is 0.211. The average molecular weight is 337 g/mol. The molecule has 0 aliphatic carbocycles. The number of benzene rings is 1. The molecule has 2 rings (SSSR count). The van der Waals surface area contributed by atoms with Gasteiger partial charge in [0.05, 0.1) is 0 Å². The van der Waals surface area contributed by atoms with Crippen LogP contribution in [0.15, 0.2) is 34.7 Å². The predicted molar refractivity (Wildman–Crippen MR) is 86.5 cm³/mol. The second kappa shape index (κ2) is 8.35. The van der Waals surface area contributed by atoms with Crippen molar-refractivity contribution in [3.8, 4) is 0 Å². The van der Waals surface area contributed by atoms with E-state index in [1.54, 1.807) is 0 Å². The normalized spacial score (nSPS) is 10.2. The zero-order chi connectivity index (χ0) is 15.8. The van der Waals surface area contributed by atoms with Gasteiger partial charge in [-0.2, -0.15) is 0 Å². The van der Waals surface area contributed by atoms with Crippen LogP contribution in [0.3, 0.4) is 0 Å². The topological polar surface area (TPSA) is 110 Å². The van der Waals surface area contributed by atoms with Crippen LogP contribution in [0.1, 0.15) is 12.0 Å². The van der Waals surface area contributed by atoms with E-state index < -0.39 is 6.03 Å². The zero-order valence-electron chi connectivity index (χ0n) is 11.6. The molecular formula is C13H15N5O2S2. The molecule has 1 aromatic heterocycles. The molecule has 0 spiro atoms. The van der Waals surface area contributed by atoms with E-state index in [-0.39, 0.29) is 12.3 Å². The van der Waals surface area contributed by atoms with Gasteiger partial charge in [-0.15, -0.1) is 10.2 Å². The Balaban J connectivity index is 1.62. The van der Waals surface area contributed by atoms with E-state index in [0.717, 1.165) is 5.56 Å². The number of rotatable bonds is 6. The number of carbonyl (C=O) groups is 2. The summed E-state index contributed by atoms with van der Waals surface area (Å²) in [5, 5.41) is 12.8. The molecule has 0 saturated heterocycles. The quantitative estimate of drug-likeness (QED) is 0.691. The van der Waals surface area contributed by atoms with Crippen molar-refractivity contribution in [1.82, 2.24) is 20.8 Å². The van der Waals surface area contributed by atoms with Gasteiger partial charge < -0.3 is 11.1 Å². The molecule has 1 heterocycles. The van der Waals surface area contributed by atoms with E-state index in [9.17, 15) is 9.59 Å². The molecule has 4 N–H and O–H groups in total. The summed E-state index contributed by atoms with van der Waals surface area (Å²) in [6.45, 7) is 0.374. The highest BCUT2D eigenvalue weighted by Gasteiger charge is 2.08. The van der Waals surface area contributed by atoms with Crippen LogP contribution in [0.5, 0.6) is 0 Å². The molecule has 0 saturated carbocycles. The summed E-state index contributed by atoms with van der Waals surface area (Å²) in [5.74, 6) is 0.169. The molecule has 7 nitrogen and oxygen atoms in total. The van der Waals surface area contributed by atoms with E-state index in [2.05, 4.69) is 20.8 Å². The van der Waals surface area contributed by atoms with Gasteiger partial charge in [0.1, 0.15) is 0 Å². The van der Waals surface area contributed by atoms with E-state index >= 15 is 0 Å². The minimum Gasteiger partial charge on any atom is -0.374 e. The summed E-state index contributed by atoms with van der Waals surface area (Å²) >= 11 is 2.65. The number of thioether (sulfide) groups is 1.